The number of carbonyl (C=O) groups is 2. The largest absolute Gasteiger partial charge is 1.00 e. The number of anilines is 2. The van der Waals surface area contributed by atoms with E-state index < -0.39 is 48.6 Å². The summed E-state index contributed by atoms with van der Waals surface area (Å²) in [5.41, 5.74) is 11.4. The molecule has 1 aliphatic carbocycles. The standard InChI is InChI=1S/C34H21N6O7S.2Na.O3S/c35-20-9-1-5-16-13-14-24(33(43)26(16)20)39-37-22-11-3-7-18-28(22)31(41)19-8-4-12-23(29(19)32(18)42)38-40-30-25(48(45,46)47)15-17-6-2-10-21(36)27(17)34(30)44;;;1-4(2)3/h1-13,15,43-44H,35-36H2,(H,45,46,47);;;/q-1;2*+1;/p-1. The van der Waals surface area contributed by atoms with Crippen molar-refractivity contribution in [1.82, 2.24) is 0 Å². The second-order valence-electron chi connectivity index (χ2n) is 10.9. The Hall–Kier alpha value is -4.89. The van der Waals surface area contributed by atoms with Crippen LogP contribution in [0.5, 0.6) is 11.5 Å². The molecular weight excluding hydrogens is 763 g/mol. The van der Waals surface area contributed by atoms with E-state index in [9.17, 15) is 32.8 Å². The molecule has 0 spiro atoms. The Labute approximate surface area is 351 Å². The third kappa shape index (κ3) is 7.97. The third-order valence-corrected chi connectivity index (χ3v) is 8.73. The molecule has 0 amide bonds. The Balaban J connectivity index is 0.00000103. The van der Waals surface area contributed by atoms with Crippen LogP contribution in [-0.4, -0.2) is 47.4 Å². The zero-order valence-corrected chi connectivity index (χ0v) is 33.6. The number of phenolic OH excluding ortho intramolecular Hbond substituents is 2. The van der Waals surface area contributed by atoms with Gasteiger partial charge in [-0.1, -0.05) is 47.9 Å². The molecule has 6 aromatic rings. The average molecular weight is 783 g/mol. The van der Waals surface area contributed by atoms with Gasteiger partial charge in [0.05, 0.1) is 27.4 Å². The molecule has 6 N–H and O–H groups in total. The normalized spacial score (nSPS) is 12.1. The van der Waals surface area contributed by atoms with Gasteiger partial charge < -0.3 is 26.2 Å². The number of nitrogens with two attached hydrogens (primary N) is 2. The van der Waals surface area contributed by atoms with Crippen LogP contribution in [0.25, 0.3) is 21.5 Å². The number of hydrogen-bond donors (Lipinski definition) is 4. The van der Waals surface area contributed by atoms with Crippen molar-refractivity contribution in [2.75, 3.05) is 11.5 Å². The van der Waals surface area contributed by atoms with E-state index in [0.29, 0.717) is 16.5 Å². The molecule has 0 fully saturated rings. The van der Waals surface area contributed by atoms with E-state index in [1.165, 1.54) is 54.6 Å². The van der Waals surface area contributed by atoms with Crippen molar-refractivity contribution in [3.63, 3.8) is 0 Å². The summed E-state index contributed by atoms with van der Waals surface area (Å²) in [6.45, 7) is 0. The van der Waals surface area contributed by atoms with E-state index in [-0.39, 0.29) is 121 Å². The number of nitrogens with zero attached hydrogens (tertiary/aromatic N) is 4. The number of rotatable bonds is 5. The van der Waals surface area contributed by atoms with Gasteiger partial charge in [-0.15, -0.1) is 34.3 Å². The molecular formula is C34H20N6Na2O10S2. The van der Waals surface area contributed by atoms with E-state index in [0.717, 1.165) is 6.07 Å². The molecule has 0 aliphatic heterocycles. The Bertz CT molecular complexity index is 2830. The maximum atomic E-state index is 13.9. The van der Waals surface area contributed by atoms with E-state index in [1.54, 1.807) is 24.3 Å². The van der Waals surface area contributed by atoms with Gasteiger partial charge in [0, 0.05) is 39.3 Å². The molecule has 6 aromatic carbocycles. The first-order chi connectivity index (χ1) is 24.7. The Morgan fingerprint density at radius 3 is 1.65 bits per heavy atom. The maximum Gasteiger partial charge on any atom is 1.00 e. The second-order valence-corrected chi connectivity index (χ2v) is 12.7. The molecule has 1 aliphatic rings. The number of fused-ring (bicyclic) bond motifs is 4. The molecule has 260 valence electrons. The molecule has 20 heteroatoms. The van der Waals surface area contributed by atoms with Gasteiger partial charge in [-0.3, -0.25) is 9.59 Å². The van der Waals surface area contributed by atoms with Gasteiger partial charge in [0.25, 0.3) is 0 Å². The zero-order chi connectivity index (χ0) is 37.5. The van der Waals surface area contributed by atoms with Crippen LogP contribution in [0, 0.1) is 6.07 Å². The van der Waals surface area contributed by atoms with Gasteiger partial charge >= 0.3 is 69.7 Å². The molecule has 0 saturated heterocycles. The molecule has 0 aromatic heterocycles. The Morgan fingerprint density at radius 2 is 1.13 bits per heavy atom. The monoisotopic (exact) mass is 782 g/mol. The first-order valence-corrected chi connectivity index (χ1v) is 17.0. The number of carbonyl (C=O) groups excluding carboxylic acids is 2. The van der Waals surface area contributed by atoms with Gasteiger partial charge in [0.1, 0.15) is 15.8 Å². The summed E-state index contributed by atoms with van der Waals surface area (Å²) in [6, 6.07) is 23.6. The quantitative estimate of drug-likeness (QED) is 0.0585. The Morgan fingerprint density at radius 1 is 0.667 bits per heavy atom. The zero-order valence-electron chi connectivity index (χ0n) is 28.0. The minimum absolute atomic E-state index is 0. The molecule has 0 unspecified atom stereocenters. The van der Waals surface area contributed by atoms with Crippen LogP contribution in [0.2, 0.25) is 0 Å². The summed E-state index contributed by atoms with van der Waals surface area (Å²) >= 11 is 0. The molecule has 0 heterocycles. The first-order valence-electron chi connectivity index (χ1n) is 14.6. The molecule has 7 rings (SSSR count). The summed E-state index contributed by atoms with van der Waals surface area (Å²) in [6.07, 6.45) is 0. The summed E-state index contributed by atoms with van der Waals surface area (Å²) in [7, 11) is -8.27. The van der Waals surface area contributed by atoms with Crippen molar-refractivity contribution in [3.05, 3.63) is 113 Å². The van der Waals surface area contributed by atoms with Crippen LogP contribution in [0.15, 0.2) is 110 Å². The van der Waals surface area contributed by atoms with Gasteiger partial charge in [0.2, 0.25) is 0 Å². The maximum absolute atomic E-state index is 13.9. The van der Waals surface area contributed by atoms with Gasteiger partial charge in [-0.05, 0) is 35.7 Å². The van der Waals surface area contributed by atoms with Crippen molar-refractivity contribution in [1.29, 1.82) is 0 Å². The van der Waals surface area contributed by atoms with Crippen molar-refractivity contribution in [3.8, 4) is 11.5 Å². The van der Waals surface area contributed by atoms with Crippen molar-refractivity contribution >= 4 is 88.0 Å². The van der Waals surface area contributed by atoms with E-state index in [4.69, 9.17) is 24.1 Å². The second kappa shape index (κ2) is 16.6. The van der Waals surface area contributed by atoms with Gasteiger partial charge in [0.15, 0.2) is 17.3 Å². The number of hydrogen-bond acceptors (Lipinski definition) is 16. The molecule has 0 saturated carbocycles. The fraction of sp³-hybridized carbons (Fsp3) is 0. The first kappa shape index (κ1) is 41.9. The minimum atomic E-state index is -5.16. The topological polar surface area (TPSA) is 284 Å². The summed E-state index contributed by atoms with van der Waals surface area (Å²) < 4.78 is 61.8. The molecule has 0 atom stereocenters. The summed E-state index contributed by atoms with van der Waals surface area (Å²) in [5, 5.41) is 39.2. The molecule has 0 bridgehead atoms. The average Bonchev–Trinajstić information content (AvgIpc) is 3.09. The SMILES string of the molecule is Nc1cccc2c[c-]c(N=Nc3cccc4c3C(=O)c3cccc(N=Nc5c(S(=O)(=O)[O-])cc6cccc(N)c6c5O)c3C4=O)c(O)c12.O=S(=O)=O.[Na+].[Na+]. The van der Waals surface area contributed by atoms with Crippen LogP contribution >= 0.6 is 0 Å². The number of azo groups is 2. The fourth-order valence-electron chi connectivity index (χ4n) is 5.69. The predicted octanol–water partition coefficient (Wildman–Crippen LogP) is -0.117. The van der Waals surface area contributed by atoms with Gasteiger partial charge in [-0.25, -0.2) is 8.42 Å². The van der Waals surface area contributed by atoms with Crippen LogP contribution in [0.3, 0.4) is 0 Å². The number of nitrogen functional groups attached to an aromatic ring is 2. The predicted molar refractivity (Wildman–Crippen MR) is 185 cm³/mol. The van der Waals surface area contributed by atoms with Gasteiger partial charge in [-0.2, -0.15) is 22.4 Å². The fourth-order valence-corrected chi connectivity index (χ4v) is 6.33. The molecule has 0 radical (unpaired) electrons. The third-order valence-electron chi connectivity index (χ3n) is 7.88. The van der Waals surface area contributed by atoms with Crippen LogP contribution in [-0.2, 0) is 20.7 Å². The molecule has 16 nitrogen and oxygen atoms in total. The van der Waals surface area contributed by atoms with E-state index in [2.05, 4.69) is 26.5 Å². The summed E-state index contributed by atoms with van der Waals surface area (Å²) in [5.74, 6) is -2.17. The van der Waals surface area contributed by atoms with Crippen LogP contribution in [0.1, 0.15) is 31.8 Å². The van der Waals surface area contributed by atoms with Crippen LogP contribution in [0.4, 0.5) is 34.1 Å². The number of benzene rings is 6. The van der Waals surface area contributed by atoms with E-state index in [1.807, 2.05) is 0 Å². The summed E-state index contributed by atoms with van der Waals surface area (Å²) in [4.78, 5) is 26.9. The number of ketones is 2. The smallest absolute Gasteiger partial charge is 0.744 e. The van der Waals surface area contributed by atoms with Crippen molar-refractivity contribution < 1.29 is 105 Å². The van der Waals surface area contributed by atoms with E-state index >= 15 is 0 Å². The Kier molecular flexibility index (Phi) is 12.9. The van der Waals surface area contributed by atoms with Crippen molar-refractivity contribution in [2.24, 2.45) is 20.5 Å². The van der Waals surface area contributed by atoms with Crippen molar-refractivity contribution in [2.45, 2.75) is 4.90 Å². The number of phenols is 2. The number of aromatic hydroxyl groups is 2. The molecule has 54 heavy (non-hydrogen) atoms. The minimum Gasteiger partial charge on any atom is -0.744 e. The van der Waals surface area contributed by atoms with Crippen LogP contribution < -0.4 is 70.6 Å².